The second-order valence-corrected chi connectivity index (χ2v) is 4.17. The SMILES string of the molecule is O=C1[C@@H]2C=CC=C[C@H]2C(=O)N1c1ccccc1. The average molecular weight is 225 g/mol. The molecule has 1 aliphatic heterocycles. The van der Waals surface area contributed by atoms with Crippen molar-refractivity contribution in [2.75, 3.05) is 4.90 Å². The zero-order valence-electron chi connectivity index (χ0n) is 9.11. The average Bonchev–Trinajstić information content (AvgIpc) is 2.64. The summed E-state index contributed by atoms with van der Waals surface area (Å²) in [5, 5.41) is 0. The highest BCUT2D eigenvalue weighted by Gasteiger charge is 2.46. The molecule has 3 heteroatoms. The number of hydrogen-bond donors (Lipinski definition) is 0. The van der Waals surface area contributed by atoms with Crippen molar-refractivity contribution in [1.29, 1.82) is 0 Å². The molecule has 3 nitrogen and oxygen atoms in total. The number of benzene rings is 1. The van der Waals surface area contributed by atoms with E-state index in [0.717, 1.165) is 0 Å². The monoisotopic (exact) mass is 225 g/mol. The number of amides is 2. The maximum absolute atomic E-state index is 12.2. The molecule has 1 fully saturated rings. The van der Waals surface area contributed by atoms with Gasteiger partial charge in [0, 0.05) is 0 Å². The molecule has 1 saturated heterocycles. The first-order valence-electron chi connectivity index (χ1n) is 5.57. The summed E-state index contributed by atoms with van der Waals surface area (Å²) < 4.78 is 0. The molecule has 0 saturated carbocycles. The fourth-order valence-corrected chi connectivity index (χ4v) is 2.32. The minimum absolute atomic E-state index is 0.133. The lowest BCUT2D eigenvalue weighted by atomic mass is 9.91. The highest BCUT2D eigenvalue weighted by atomic mass is 16.2. The topological polar surface area (TPSA) is 37.4 Å². The number of hydrogen-bond acceptors (Lipinski definition) is 2. The predicted octanol–water partition coefficient (Wildman–Crippen LogP) is 1.92. The van der Waals surface area contributed by atoms with Gasteiger partial charge in [0.2, 0.25) is 11.8 Å². The number of para-hydroxylation sites is 1. The van der Waals surface area contributed by atoms with Gasteiger partial charge in [-0.05, 0) is 12.1 Å². The number of imide groups is 1. The summed E-state index contributed by atoms with van der Waals surface area (Å²) in [5.74, 6) is -0.918. The largest absolute Gasteiger partial charge is 0.273 e. The van der Waals surface area contributed by atoms with Crippen LogP contribution < -0.4 is 4.90 Å². The number of rotatable bonds is 1. The molecule has 0 unspecified atom stereocenters. The van der Waals surface area contributed by atoms with Gasteiger partial charge in [0.15, 0.2) is 0 Å². The summed E-state index contributed by atoms with van der Waals surface area (Å²) in [6.07, 6.45) is 7.24. The van der Waals surface area contributed by atoms with Crippen LogP contribution in [0.3, 0.4) is 0 Å². The first kappa shape index (κ1) is 10.0. The maximum Gasteiger partial charge on any atom is 0.241 e. The van der Waals surface area contributed by atoms with Gasteiger partial charge in [-0.25, -0.2) is 4.90 Å². The van der Waals surface area contributed by atoms with Gasteiger partial charge in [0.1, 0.15) is 0 Å². The fourth-order valence-electron chi connectivity index (χ4n) is 2.32. The van der Waals surface area contributed by atoms with E-state index in [4.69, 9.17) is 0 Å². The highest BCUT2D eigenvalue weighted by molar-refractivity contribution is 6.23. The number of nitrogens with zero attached hydrogens (tertiary/aromatic N) is 1. The number of carbonyl (C=O) groups excluding carboxylic acids is 2. The predicted molar refractivity (Wildman–Crippen MR) is 64.2 cm³/mol. The Balaban J connectivity index is 2.03. The summed E-state index contributed by atoms with van der Waals surface area (Å²) in [4.78, 5) is 25.6. The summed E-state index contributed by atoms with van der Waals surface area (Å²) >= 11 is 0. The third-order valence-electron chi connectivity index (χ3n) is 3.16. The van der Waals surface area contributed by atoms with Gasteiger partial charge in [0.25, 0.3) is 0 Å². The quantitative estimate of drug-likeness (QED) is 0.685. The molecule has 0 radical (unpaired) electrons. The van der Waals surface area contributed by atoms with Crippen molar-refractivity contribution < 1.29 is 9.59 Å². The molecule has 3 rings (SSSR count). The minimum Gasteiger partial charge on any atom is -0.273 e. The smallest absolute Gasteiger partial charge is 0.241 e. The Morgan fingerprint density at radius 1 is 0.824 bits per heavy atom. The molecule has 2 aliphatic rings. The van der Waals surface area contributed by atoms with Crippen LogP contribution in [0.5, 0.6) is 0 Å². The lowest BCUT2D eigenvalue weighted by Crippen LogP contribution is -2.30. The second kappa shape index (κ2) is 3.70. The molecule has 84 valence electrons. The van der Waals surface area contributed by atoms with Crippen LogP contribution in [0, 0.1) is 11.8 Å². The van der Waals surface area contributed by atoms with Crippen LogP contribution in [-0.2, 0) is 9.59 Å². The van der Waals surface area contributed by atoms with Crippen LogP contribution in [0.4, 0.5) is 5.69 Å². The first-order valence-corrected chi connectivity index (χ1v) is 5.57. The van der Waals surface area contributed by atoms with E-state index in [1.807, 2.05) is 30.4 Å². The molecule has 2 amide bonds. The van der Waals surface area contributed by atoms with Gasteiger partial charge >= 0.3 is 0 Å². The normalized spacial score (nSPS) is 26.5. The first-order chi connectivity index (χ1) is 8.29. The van der Waals surface area contributed by atoms with Gasteiger partial charge in [-0.2, -0.15) is 0 Å². The molecular weight excluding hydrogens is 214 g/mol. The second-order valence-electron chi connectivity index (χ2n) is 4.17. The molecule has 1 heterocycles. The van der Waals surface area contributed by atoms with Crippen LogP contribution >= 0.6 is 0 Å². The molecule has 1 aromatic rings. The molecule has 1 aliphatic carbocycles. The van der Waals surface area contributed by atoms with Crippen molar-refractivity contribution in [2.24, 2.45) is 11.8 Å². The fraction of sp³-hybridized carbons (Fsp3) is 0.143. The number of allylic oxidation sites excluding steroid dienone is 2. The molecule has 17 heavy (non-hydrogen) atoms. The van der Waals surface area contributed by atoms with Crippen molar-refractivity contribution in [1.82, 2.24) is 0 Å². The van der Waals surface area contributed by atoms with Crippen molar-refractivity contribution >= 4 is 17.5 Å². The molecule has 1 aromatic carbocycles. The summed E-state index contributed by atoms with van der Waals surface area (Å²) in [5.41, 5.74) is 0.652. The van der Waals surface area contributed by atoms with E-state index in [0.29, 0.717) is 5.69 Å². The minimum atomic E-state index is -0.326. The Bertz CT molecular complexity index is 500. The van der Waals surface area contributed by atoms with E-state index in [-0.39, 0.29) is 23.7 Å². The van der Waals surface area contributed by atoms with Crippen LogP contribution in [0.1, 0.15) is 0 Å². The molecule has 0 aromatic heterocycles. The van der Waals surface area contributed by atoms with E-state index < -0.39 is 0 Å². The van der Waals surface area contributed by atoms with Gasteiger partial charge in [-0.15, -0.1) is 0 Å². The van der Waals surface area contributed by atoms with E-state index in [9.17, 15) is 9.59 Å². The van der Waals surface area contributed by atoms with Crippen molar-refractivity contribution in [3.63, 3.8) is 0 Å². The Kier molecular flexibility index (Phi) is 2.18. The van der Waals surface area contributed by atoms with Gasteiger partial charge in [-0.3, -0.25) is 9.59 Å². The van der Waals surface area contributed by atoms with Crippen molar-refractivity contribution in [3.05, 3.63) is 54.6 Å². The molecule has 0 bridgehead atoms. The van der Waals surface area contributed by atoms with Gasteiger partial charge in [-0.1, -0.05) is 42.5 Å². The van der Waals surface area contributed by atoms with Crippen molar-refractivity contribution in [3.8, 4) is 0 Å². The van der Waals surface area contributed by atoms with Gasteiger partial charge in [0.05, 0.1) is 17.5 Å². The molecular formula is C14H11NO2. The number of fused-ring (bicyclic) bond motifs is 1. The molecule has 0 spiro atoms. The Morgan fingerprint density at radius 3 is 1.88 bits per heavy atom. The van der Waals surface area contributed by atoms with Crippen molar-refractivity contribution in [2.45, 2.75) is 0 Å². The standard InChI is InChI=1S/C14H11NO2/c16-13-11-8-4-5-9-12(11)14(17)15(13)10-6-2-1-3-7-10/h1-9,11-12H/t11-,12-/m1/s1. The van der Waals surface area contributed by atoms with Crippen LogP contribution in [-0.4, -0.2) is 11.8 Å². The molecule has 0 N–H and O–H groups in total. The van der Waals surface area contributed by atoms with Gasteiger partial charge < -0.3 is 0 Å². The lowest BCUT2D eigenvalue weighted by molar-refractivity contribution is -0.122. The third kappa shape index (κ3) is 1.43. The Hall–Kier alpha value is -2.16. The van der Waals surface area contributed by atoms with E-state index >= 15 is 0 Å². The zero-order valence-corrected chi connectivity index (χ0v) is 9.11. The summed E-state index contributed by atoms with van der Waals surface area (Å²) in [6.45, 7) is 0. The lowest BCUT2D eigenvalue weighted by Gasteiger charge is -2.13. The number of anilines is 1. The zero-order chi connectivity index (χ0) is 11.8. The molecule has 2 atom stereocenters. The summed E-state index contributed by atoms with van der Waals surface area (Å²) in [7, 11) is 0. The third-order valence-corrected chi connectivity index (χ3v) is 3.16. The van der Waals surface area contributed by atoms with E-state index in [1.54, 1.807) is 24.3 Å². The Labute approximate surface area is 99.0 Å². The number of carbonyl (C=O) groups is 2. The van der Waals surface area contributed by atoms with Crippen LogP contribution in [0.25, 0.3) is 0 Å². The Morgan fingerprint density at radius 2 is 1.35 bits per heavy atom. The van der Waals surface area contributed by atoms with E-state index in [1.165, 1.54) is 4.90 Å². The summed E-state index contributed by atoms with van der Waals surface area (Å²) in [6, 6.07) is 9.07. The van der Waals surface area contributed by atoms with E-state index in [2.05, 4.69) is 0 Å². The van der Waals surface area contributed by atoms with Crippen LogP contribution in [0.15, 0.2) is 54.6 Å². The van der Waals surface area contributed by atoms with Crippen LogP contribution in [0.2, 0.25) is 0 Å². The maximum atomic E-state index is 12.2. The highest BCUT2D eigenvalue weighted by Crippen LogP contribution is 2.34.